The number of benzene rings is 1. The van der Waals surface area contributed by atoms with Crippen LogP contribution in [0.25, 0.3) is 5.70 Å². The van der Waals surface area contributed by atoms with Crippen LogP contribution in [-0.4, -0.2) is 48.9 Å². The second-order valence-electron chi connectivity index (χ2n) is 6.52. The van der Waals surface area contributed by atoms with E-state index in [4.69, 9.17) is 9.73 Å². The van der Waals surface area contributed by atoms with Gasteiger partial charge in [0.05, 0.1) is 24.1 Å². The van der Waals surface area contributed by atoms with E-state index in [-0.39, 0.29) is 0 Å². The number of aliphatic imine (C=N–C) groups is 1. The van der Waals surface area contributed by atoms with Crippen LogP contribution >= 0.6 is 11.9 Å². The van der Waals surface area contributed by atoms with Crippen molar-refractivity contribution in [3.05, 3.63) is 46.6 Å². The lowest BCUT2D eigenvalue weighted by atomic mass is 10.1. The summed E-state index contributed by atoms with van der Waals surface area (Å²) in [5, 5.41) is 0. The average Bonchev–Trinajstić information content (AvgIpc) is 3.28. The number of likely N-dealkylation sites (N-methyl/N-ethyl adjacent to an activating group) is 1. The minimum Gasteiger partial charge on any atom is -0.497 e. The highest BCUT2D eigenvalue weighted by Crippen LogP contribution is 2.39. The molecule has 6 heteroatoms. The second kappa shape index (κ2) is 7.14. The van der Waals surface area contributed by atoms with Gasteiger partial charge >= 0.3 is 0 Å². The molecule has 1 atom stereocenters. The smallest absolute Gasteiger partial charge is 0.118 e. The zero-order valence-corrected chi connectivity index (χ0v) is 15.6. The molecule has 25 heavy (non-hydrogen) atoms. The average molecular weight is 356 g/mol. The van der Waals surface area contributed by atoms with Crippen molar-refractivity contribution in [2.75, 3.05) is 26.7 Å². The molecule has 1 unspecified atom stereocenters. The topological polar surface area (TPSA) is 40.1 Å². The summed E-state index contributed by atoms with van der Waals surface area (Å²) in [5.41, 5.74) is 3.24. The van der Waals surface area contributed by atoms with Crippen LogP contribution in [0.4, 0.5) is 0 Å². The van der Waals surface area contributed by atoms with Crippen molar-refractivity contribution in [2.45, 2.75) is 25.8 Å². The van der Waals surface area contributed by atoms with E-state index in [0.717, 1.165) is 35.8 Å². The van der Waals surface area contributed by atoms with Crippen molar-refractivity contribution in [1.82, 2.24) is 14.5 Å². The first-order valence-corrected chi connectivity index (χ1v) is 9.68. The Kier molecular flexibility index (Phi) is 4.72. The molecule has 1 aromatic carbocycles. The normalized spacial score (nSPS) is 22.9. The molecule has 132 valence electrons. The van der Waals surface area contributed by atoms with Gasteiger partial charge in [0.2, 0.25) is 0 Å². The van der Waals surface area contributed by atoms with E-state index < -0.39 is 0 Å². The first-order valence-electron chi connectivity index (χ1n) is 8.86. The Hall–Kier alpha value is -1.92. The third kappa shape index (κ3) is 3.28. The first-order chi connectivity index (χ1) is 12.3. The second-order valence-corrected chi connectivity index (χ2v) is 7.36. The van der Waals surface area contributed by atoms with Gasteiger partial charge in [0.1, 0.15) is 11.4 Å². The molecular formula is C19H24N4OS. The monoisotopic (exact) mass is 356 g/mol. The van der Waals surface area contributed by atoms with E-state index in [2.05, 4.69) is 39.8 Å². The largest absolute Gasteiger partial charge is 0.497 e. The zero-order chi connectivity index (χ0) is 17.2. The van der Waals surface area contributed by atoms with Crippen molar-refractivity contribution < 1.29 is 4.74 Å². The number of ether oxygens (including phenoxy) is 1. The van der Waals surface area contributed by atoms with Gasteiger partial charge < -0.3 is 14.4 Å². The Balaban J connectivity index is 1.51. The van der Waals surface area contributed by atoms with Crippen molar-refractivity contribution in [1.29, 1.82) is 0 Å². The molecule has 0 aliphatic carbocycles. The highest BCUT2D eigenvalue weighted by molar-refractivity contribution is 8.02. The minimum absolute atomic E-state index is 0.638. The molecule has 0 amide bonds. The highest BCUT2D eigenvalue weighted by Gasteiger charge is 2.28. The molecule has 5 nitrogen and oxygen atoms in total. The highest BCUT2D eigenvalue weighted by atomic mass is 32.2. The molecule has 3 aliphatic rings. The summed E-state index contributed by atoms with van der Waals surface area (Å²) in [5.74, 6) is 0.867. The maximum absolute atomic E-state index is 5.24. The fraction of sp³-hybridized carbons (Fsp3) is 0.421. The summed E-state index contributed by atoms with van der Waals surface area (Å²) >= 11 is 1.64. The molecule has 4 rings (SSSR count). The molecule has 0 bridgehead atoms. The Labute approximate surface area is 153 Å². The number of nitrogens with one attached hydrogen (secondary N) is 1. The van der Waals surface area contributed by atoms with Crippen LogP contribution in [0.1, 0.15) is 25.3 Å². The molecular weight excluding hydrogens is 332 g/mol. The van der Waals surface area contributed by atoms with Crippen LogP contribution in [0.3, 0.4) is 0 Å². The van der Waals surface area contributed by atoms with E-state index in [9.17, 15) is 0 Å². The number of nitrogens with zero attached hydrogens (tertiary/aromatic N) is 3. The summed E-state index contributed by atoms with van der Waals surface area (Å²) in [7, 11) is 1.69. The number of methoxy groups -OCH3 is 1. The SMILES string of the molecule is CCN1CCCC1CN1C=NC2=C(c3ccc(OC)cc3)NSC2=C1. The lowest BCUT2D eigenvalue weighted by molar-refractivity contribution is 0.242. The van der Waals surface area contributed by atoms with Crippen molar-refractivity contribution in [2.24, 2.45) is 4.99 Å². The Bertz CT molecular complexity index is 725. The van der Waals surface area contributed by atoms with Crippen LogP contribution in [0.2, 0.25) is 0 Å². The van der Waals surface area contributed by atoms with Crippen LogP contribution in [0, 0.1) is 0 Å². The van der Waals surface area contributed by atoms with Crippen molar-refractivity contribution in [3.63, 3.8) is 0 Å². The zero-order valence-electron chi connectivity index (χ0n) is 14.7. The third-order valence-electron chi connectivity index (χ3n) is 5.06. The van der Waals surface area contributed by atoms with E-state index in [0.29, 0.717) is 6.04 Å². The standard InChI is InChI=1S/C19H24N4OS/c1-3-23-10-4-5-15(23)11-22-12-17-19(20-13-22)18(21-25-17)14-6-8-16(24-2)9-7-14/h6-9,12-13,15,21H,3-5,10-11H2,1-2H3. The van der Waals surface area contributed by atoms with Crippen LogP contribution < -0.4 is 9.46 Å². The van der Waals surface area contributed by atoms with Crippen LogP contribution in [0.5, 0.6) is 5.75 Å². The summed E-state index contributed by atoms with van der Waals surface area (Å²) in [6, 6.07) is 8.73. The fourth-order valence-corrected chi connectivity index (χ4v) is 4.54. The maximum atomic E-state index is 5.24. The molecule has 3 heterocycles. The quantitative estimate of drug-likeness (QED) is 0.820. The summed E-state index contributed by atoms with van der Waals surface area (Å²) in [4.78, 5) is 10.7. The predicted octanol–water partition coefficient (Wildman–Crippen LogP) is 3.28. The molecule has 0 saturated carbocycles. The number of hydrogen-bond donors (Lipinski definition) is 1. The molecule has 1 saturated heterocycles. The van der Waals surface area contributed by atoms with Gasteiger partial charge in [-0.25, -0.2) is 4.99 Å². The lowest BCUT2D eigenvalue weighted by Gasteiger charge is -2.28. The number of hydrogen-bond acceptors (Lipinski definition) is 6. The van der Waals surface area contributed by atoms with Gasteiger partial charge in [0.15, 0.2) is 0 Å². The van der Waals surface area contributed by atoms with Gasteiger partial charge in [0.25, 0.3) is 0 Å². The van der Waals surface area contributed by atoms with E-state index in [1.807, 2.05) is 18.5 Å². The van der Waals surface area contributed by atoms with Crippen LogP contribution in [-0.2, 0) is 0 Å². The summed E-state index contributed by atoms with van der Waals surface area (Å²) in [6.07, 6.45) is 6.79. The number of fused-ring (bicyclic) bond motifs is 1. The molecule has 1 fully saturated rings. The van der Waals surface area contributed by atoms with E-state index in [1.165, 1.54) is 24.3 Å². The van der Waals surface area contributed by atoms with Gasteiger partial charge in [-0.2, -0.15) is 0 Å². The third-order valence-corrected chi connectivity index (χ3v) is 5.88. The van der Waals surface area contributed by atoms with Gasteiger partial charge in [-0.15, -0.1) is 0 Å². The molecule has 3 aliphatic heterocycles. The number of likely N-dealkylation sites (tertiary alicyclic amines) is 1. The first kappa shape index (κ1) is 16.5. The van der Waals surface area contributed by atoms with Gasteiger partial charge in [0, 0.05) is 24.4 Å². The summed E-state index contributed by atoms with van der Waals surface area (Å²) in [6.45, 7) is 5.63. The van der Waals surface area contributed by atoms with Crippen LogP contribution in [0.15, 0.2) is 46.1 Å². The van der Waals surface area contributed by atoms with Gasteiger partial charge in [-0.05, 0) is 62.1 Å². The van der Waals surface area contributed by atoms with Gasteiger partial charge in [-0.1, -0.05) is 6.92 Å². The van der Waals surface area contributed by atoms with E-state index >= 15 is 0 Å². The fourth-order valence-electron chi connectivity index (χ4n) is 3.67. The predicted molar refractivity (Wildman–Crippen MR) is 104 cm³/mol. The Morgan fingerprint density at radius 2 is 2.16 bits per heavy atom. The molecule has 1 aromatic rings. The van der Waals surface area contributed by atoms with Crippen molar-refractivity contribution >= 4 is 24.0 Å². The number of rotatable bonds is 5. The van der Waals surface area contributed by atoms with E-state index in [1.54, 1.807) is 19.1 Å². The Morgan fingerprint density at radius 3 is 2.92 bits per heavy atom. The van der Waals surface area contributed by atoms with Crippen molar-refractivity contribution in [3.8, 4) is 5.75 Å². The molecule has 1 N–H and O–H groups in total. The Morgan fingerprint density at radius 1 is 1.32 bits per heavy atom. The molecule has 0 radical (unpaired) electrons. The van der Waals surface area contributed by atoms with Gasteiger partial charge in [-0.3, -0.25) is 4.90 Å². The minimum atomic E-state index is 0.638. The lowest BCUT2D eigenvalue weighted by Crippen LogP contribution is -2.38. The maximum Gasteiger partial charge on any atom is 0.118 e. The molecule has 0 aromatic heterocycles. The summed E-state index contributed by atoms with van der Waals surface area (Å²) < 4.78 is 8.66. The molecule has 0 spiro atoms.